The molecule has 0 bridgehead atoms. The Morgan fingerprint density at radius 1 is 1.36 bits per heavy atom. The highest BCUT2D eigenvalue weighted by molar-refractivity contribution is 5.53. The van der Waals surface area contributed by atoms with Crippen molar-refractivity contribution < 1.29 is 9.13 Å². The summed E-state index contributed by atoms with van der Waals surface area (Å²) >= 11 is 0. The number of benzene rings is 1. The normalized spacial score (nSPS) is 27.1. The lowest BCUT2D eigenvalue weighted by molar-refractivity contribution is 0.175. The molecule has 0 aliphatic carbocycles. The SMILES string of the molecule is Cc1cc(F)ccc1N1CCC[C@H](N[C@H](C)[C@@H]2CCOC2)C1. The molecule has 0 unspecified atom stereocenters. The van der Waals surface area contributed by atoms with Crippen molar-refractivity contribution in [2.24, 2.45) is 5.92 Å². The first-order chi connectivity index (χ1) is 10.6. The summed E-state index contributed by atoms with van der Waals surface area (Å²) in [5.74, 6) is 0.491. The van der Waals surface area contributed by atoms with Gasteiger partial charge in [0, 0.05) is 37.5 Å². The Labute approximate surface area is 132 Å². The molecule has 2 aliphatic rings. The molecule has 22 heavy (non-hydrogen) atoms. The average Bonchev–Trinajstić information content (AvgIpc) is 3.02. The Kier molecular flexibility index (Phi) is 4.99. The molecule has 0 aromatic heterocycles. The quantitative estimate of drug-likeness (QED) is 0.925. The number of piperidine rings is 1. The van der Waals surface area contributed by atoms with E-state index in [1.165, 1.54) is 24.9 Å². The number of nitrogens with one attached hydrogen (secondary N) is 1. The second-order valence-corrected chi connectivity index (χ2v) is 6.79. The van der Waals surface area contributed by atoms with Gasteiger partial charge in [-0.2, -0.15) is 0 Å². The minimum absolute atomic E-state index is 0.150. The van der Waals surface area contributed by atoms with E-state index in [0.717, 1.165) is 31.9 Å². The number of halogens is 1. The Morgan fingerprint density at radius 3 is 2.95 bits per heavy atom. The molecule has 3 rings (SSSR count). The van der Waals surface area contributed by atoms with Gasteiger partial charge < -0.3 is 15.0 Å². The summed E-state index contributed by atoms with van der Waals surface area (Å²) < 4.78 is 18.8. The Hall–Kier alpha value is -1.13. The van der Waals surface area contributed by atoms with Gasteiger partial charge >= 0.3 is 0 Å². The monoisotopic (exact) mass is 306 g/mol. The van der Waals surface area contributed by atoms with Crippen molar-refractivity contribution in [3.05, 3.63) is 29.6 Å². The maximum Gasteiger partial charge on any atom is 0.123 e. The van der Waals surface area contributed by atoms with Crippen LogP contribution in [-0.2, 0) is 4.74 Å². The minimum Gasteiger partial charge on any atom is -0.381 e. The largest absolute Gasteiger partial charge is 0.381 e. The lowest BCUT2D eigenvalue weighted by Gasteiger charge is -2.37. The number of hydrogen-bond donors (Lipinski definition) is 1. The summed E-state index contributed by atoms with van der Waals surface area (Å²) in [5.41, 5.74) is 2.20. The molecule has 1 aromatic carbocycles. The van der Waals surface area contributed by atoms with Crippen LogP contribution >= 0.6 is 0 Å². The van der Waals surface area contributed by atoms with Crippen LogP contribution in [0.25, 0.3) is 0 Å². The van der Waals surface area contributed by atoms with Gasteiger partial charge in [-0.1, -0.05) is 0 Å². The molecule has 3 atom stereocenters. The first-order valence-electron chi connectivity index (χ1n) is 8.48. The zero-order valence-electron chi connectivity index (χ0n) is 13.6. The summed E-state index contributed by atoms with van der Waals surface area (Å²) in [7, 11) is 0. The molecular formula is C18H27FN2O. The lowest BCUT2D eigenvalue weighted by atomic mass is 9.97. The summed E-state index contributed by atoms with van der Waals surface area (Å²) in [5, 5.41) is 3.80. The van der Waals surface area contributed by atoms with Gasteiger partial charge in [0.2, 0.25) is 0 Å². The molecule has 0 radical (unpaired) electrons. The van der Waals surface area contributed by atoms with Crippen LogP contribution in [0.2, 0.25) is 0 Å². The van der Waals surface area contributed by atoms with Crippen LogP contribution < -0.4 is 10.2 Å². The van der Waals surface area contributed by atoms with Crippen LogP contribution in [0.3, 0.4) is 0 Å². The van der Waals surface area contributed by atoms with Gasteiger partial charge in [-0.3, -0.25) is 0 Å². The highest BCUT2D eigenvalue weighted by atomic mass is 19.1. The lowest BCUT2D eigenvalue weighted by Crippen LogP contribution is -2.50. The van der Waals surface area contributed by atoms with Crippen LogP contribution in [0.1, 0.15) is 31.7 Å². The van der Waals surface area contributed by atoms with Gasteiger partial charge in [-0.15, -0.1) is 0 Å². The number of hydrogen-bond acceptors (Lipinski definition) is 3. The highest BCUT2D eigenvalue weighted by Gasteiger charge is 2.27. The number of ether oxygens (including phenoxy) is 1. The van der Waals surface area contributed by atoms with Crippen LogP contribution in [0.15, 0.2) is 18.2 Å². The van der Waals surface area contributed by atoms with E-state index in [-0.39, 0.29) is 5.82 Å². The molecule has 0 spiro atoms. The van der Waals surface area contributed by atoms with Gasteiger partial charge in [0.1, 0.15) is 5.82 Å². The molecule has 2 saturated heterocycles. The molecule has 122 valence electrons. The molecule has 2 aliphatic heterocycles. The molecule has 4 heteroatoms. The number of nitrogens with zero attached hydrogens (tertiary/aromatic N) is 1. The van der Waals surface area contributed by atoms with Crippen LogP contribution in [0.4, 0.5) is 10.1 Å². The summed E-state index contributed by atoms with van der Waals surface area (Å²) in [4.78, 5) is 2.40. The molecule has 2 heterocycles. The third-order valence-corrected chi connectivity index (χ3v) is 5.09. The third kappa shape index (κ3) is 3.61. The second kappa shape index (κ2) is 6.97. The molecule has 0 amide bonds. The summed E-state index contributed by atoms with van der Waals surface area (Å²) in [6, 6.07) is 6.12. The molecule has 0 saturated carbocycles. The van der Waals surface area contributed by atoms with Crippen LogP contribution in [0, 0.1) is 18.7 Å². The zero-order chi connectivity index (χ0) is 15.5. The molecule has 2 fully saturated rings. The number of anilines is 1. The van der Waals surface area contributed by atoms with Crippen molar-refractivity contribution in [3.63, 3.8) is 0 Å². The van der Waals surface area contributed by atoms with Crippen molar-refractivity contribution in [2.45, 2.75) is 45.2 Å². The fourth-order valence-electron chi connectivity index (χ4n) is 3.76. The molecule has 1 aromatic rings. The first kappa shape index (κ1) is 15.8. The van der Waals surface area contributed by atoms with E-state index in [2.05, 4.69) is 17.1 Å². The number of aryl methyl sites for hydroxylation is 1. The van der Waals surface area contributed by atoms with E-state index in [0.29, 0.717) is 18.0 Å². The third-order valence-electron chi connectivity index (χ3n) is 5.09. The standard InChI is InChI=1S/C18H27FN2O/c1-13-10-16(19)5-6-18(13)21-8-3-4-17(11-21)20-14(2)15-7-9-22-12-15/h5-6,10,14-15,17,20H,3-4,7-9,11-12H2,1-2H3/t14-,15-,17+/m1/s1. The second-order valence-electron chi connectivity index (χ2n) is 6.79. The average molecular weight is 306 g/mol. The zero-order valence-corrected chi connectivity index (χ0v) is 13.6. The van der Waals surface area contributed by atoms with Gasteiger partial charge in [-0.25, -0.2) is 4.39 Å². The summed E-state index contributed by atoms with van der Waals surface area (Å²) in [6.07, 6.45) is 3.57. The van der Waals surface area contributed by atoms with Crippen LogP contribution in [-0.4, -0.2) is 38.4 Å². The number of rotatable bonds is 4. The first-order valence-corrected chi connectivity index (χ1v) is 8.48. The Balaban J connectivity index is 1.61. The minimum atomic E-state index is -0.150. The van der Waals surface area contributed by atoms with Crippen molar-refractivity contribution in [3.8, 4) is 0 Å². The van der Waals surface area contributed by atoms with Crippen molar-refractivity contribution in [2.75, 3.05) is 31.2 Å². The van der Waals surface area contributed by atoms with E-state index >= 15 is 0 Å². The fourth-order valence-corrected chi connectivity index (χ4v) is 3.76. The van der Waals surface area contributed by atoms with Gasteiger partial charge in [-0.05, 0) is 62.8 Å². The van der Waals surface area contributed by atoms with Crippen molar-refractivity contribution >= 4 is 5.69 Å². The van der Waals surface area contributed by atoms with Gasteiger partial charge in [0.15, 0.2) is 0 Å². The maximum atomic E-state index is 13.3. The predicted octanol–water partition coefficient (Wildman–Crippen LogP) is 3.12. The Morgan fingerprint density at radius 2 is 2.23 bits per heavy atom. The molecule has 3 nitrogen and oxygen atoms in total. The maximum absolute atomic E-state index is 13.3. The van der Waals surface area contributed by atoms with E-state index in [1.54, 1.807) is 12.1 Å². The fraction of sp³-hybridized carbons (Fsp3) is 0.667. The van der Waals surface area contributed by atoms with Gasteiger partial charge in [0.25, 0.3) is 0 Å². The van der Waals surface area contributed by atoms with Gasteiger partial charge in [0.05, 0.1) is 6.61 Å². The van der Waals surface area contributed by atoms with Crippen molar-refractivity contribution in [1.82, 2.24) is 5.32 Å². The molecule has 1 N–H and O–H groups in total. The predicted molar refractivity (Wildman–Crippen MR) is 87.9 cm³/mol. The van der Waals surface area contributed by atoms with E-state index in [1.807, 2.05) is 13.0 Å². The van der Waals surface area contributed by atoms with E-state index in [9.17, 15) is 4.39 Å². The Bertz CT molecular complexity index is 502. The highest BCUT2D eigenvalue weighted by Crippen LogP contribution is 2.25. The molecular weight excluding hydrogens is 279 g/mol. The summed E-state index contributed by atoms with van der Waals surface area (Å²) in [6.45, 7) is 8.13. The van der Waals surface area contributed by atoms with E-state index < -0.39 is 0 Å². The smallest absolute Gasteiger partial charge is 0.123 e. The topological polar surface area (TPSA) is 24.5 Å². The van der Waals surface area contributed by atoms with Crippen molar-refractivity contribution in [1.29, 1.82) is 0 Å². The van der Waals surface area contributed by atoms with E-state index in [4.69, 9.17) is 4.74 Å². The van der Waals surface area contributed by atoms with Crippen LogP contribution in [0.5, 0.6) is 0 Å².